The summed E-state index contributed by atoms with van der Waals surface area (Å²) in [6.07, 6.45) is 4.25. The Balaban J connectivity index is 1.26. The minimum Gasteiger partial charge on any atom is -0.487 e. The standard InChI is InChI=1S/C26H26N4O5/c31-15-23-25-21(11-19(34-23)12-24(32)29-14-18-5-1-2-9-28-18)20-10-17(6-7-22(20)35-25)30-26(33)16-4-3-8-27-13-16/h1-10,13,19,21,23,25,31H,11-12,14-15H2,(H,29,32)(H,30,33)/t19-,21-,23-,25+/m0/s1. The molecule has 2 aliphatic heterocycles. The largest absolute Gasteiger partial charge is 0.487 e. The van der Waals surface area contributed by atoms with Crippen LogP contribution >= 0.6 is 0 Å². The molecule has 3 aromatic rings. The number of fused-ring (bicyclic) bond motifs is 3. The van der Waals surface area contributed by atoms with Gasteiger partial charge in [-0.3, -0.25) is 19.6 Å². The van der Waals surface area contributed by atoms with Gasteiger partial charge in [0.15, 0.2) is 0 Å². The molecule has 1 aromatic carbocycles. The second-order valence-electron chi connectivity index (χ2n) is 8.65. The van der Waals surface area contributed by atoms with Gasteiger partial charge in [0, 0.05) is 35.8 Å². The summed E-state index contributed by atoms with van der Waals surface area (Å²) >= 11 is 0. The molecule has 0 bridgehead atoms. The van der Waals surface area contributed by atoms with Crippen molar-refractivity contribution in [2.75, 3.05) is 11.9 Å². The molecule has 0 unspecified atom stereocenters. The number of aromatic nitrogens is 2. The van der Waals surface area contributed by atoms with Crippen molar-refractivity contribution < 1.29 is 24.2 Å². The van der Waals surface area contributed by atoms with E-state index in [1.165, 1.54) is 6.20 Å². The van der Waals surface area contributed by atoms with Gasteiger partial charge in [-0.25, -0.2) is 0 Å². The molecule has 4 atom stereocenters. The molecular weight excluding hydrogens is 448 g/mol. The van der Waals surface area contributed by atoms with E-state index in [1.54, 1.807) is 30.6 Å². The van der Waals surface area contributed by atoms with E-state index in [0.717, 1.165) is 11.3 Å². The molecule has 3 N–H and O–H groups in total. The zero-order valence-corrected chi connectivity index (χ0v) is 19.0. The lowest BCUT2D eigenvalue weighted by atomic mass is 9.84. The highest BCUT2D eigenvalue weighted by molar-refractivity contribution is 6.04. The Morgan fingerprint density at radius 1 is 1.11 bits per heavy atom. The Morgan fingerprint density at radius 3 is 2.80 bits per heavy atom. The third kappa shape index (κ3) is 5.16. The molecule has 9 nitrogen and oxygen atoms in total. The van der Waals surface area contributed by atoms with Crippen LogP contribution < -0.4 is 15.4 Å². The summed E-state index contributed by atoms with van der Waals surface area (Å²) in [5.74, 6) is 0.227. The van der Waals surface area contributed by atoms with Crippen LogP contribution in [0.2, 0.25) is 0 Å². The first-order valence-corrected chi connectivity index (χ1v) is 11.6. The van der Waals surface area contributed by atoms with Crippen LogP contribution in [0.3, 0.4) is 0 Å². The molecule has 2 aliphatic rings. The number of carbonyl (C=O) groups is 2. The molecule has 9 heteroatoms. The van der Waals surface area contributed by atoms with Crippen molar-refractivity contribution in [1.29, 1.82) is 0 Å². The maximum atomic E-state index is 12.6. The Bertz CT molecular complexity index is 1190. The fraction of sp³-hybridized carbons (Fsp3) is 0.308. The van der Waals surface area contributed by atoms with E-state index in [-0.39, 0.29) is 43.0 Å². The number of aliphatic hydroxyl groups excluding tert-OH is 1. The Kier molecular flexibility index (Phi) is 6.69. The number of hydrogen-bond acceptors (Lipinski definition) is 7. The molecule has 2 amide bonds. The summed E-state index contributed by atoms with van der Waals surface area (Å²) < 4.78 is 12.1. The zero-order valence-electron chi connectivity index (χ0n) is 19.0. The van der Waals surface area contributed by atoms with E-state index in [9.17, 15) is 14.7 Å². The summed E-state index contributed by atoms with van der Waals surface area (Å²) in [5.41, 5.74) is 2.81. The number of amides is 2. The van der Waals surface area contributed by atoms with Gasteiger partial charge in [0.25, 0.3) is 5.91 Å². The summed E-state index contributed by atoms with van der Waals surface area (Å²) in [4.78, 5) is 33.3. The number of hydrogen-bond donors (Lipinski definition) is 3. The molecule has 1 fully saturated rings. The van der Waals surface area contributed by atoms with E-state index >= 15 is 0 Å². The maximum absolute atomic E-state index is 12.6. The average Bonchev–Trinajstić information content (AvgIpc) is 3.26. The lowest BCUT2D eigenvalue weighted by Crippen LogP contribution is -2.47. The fourth-order valence-corrected chi connectivity index (χ4v) is 4.64. The zero-order chi connectivity index (χ0) is 24.2. The first-order chi connectivity index (χ1) is 17.1. The van der Waals surface area contributed by atoms with Crippen molar-refractivity contribution in [1.82, 2.24) is 15.3 Å². The number of anilines is 1. The van der Waals surface area contributed by atoms with Crippen LogP contribution in [-0.4, -0.2) is 51.8 Å². The van der Waals surface area contributed by atoms with Crippen molar-refractivity contribution >= 4 is 17.5 Å². The minimum atomic E-state index is -0.553. The van der Waals surface area contributed by atoms with Gasteiger partial charge in [-0.15, -0.1) is 0 Å². The van der Waals surface area contributed by atoms with Gasteiger partial charge in [-0.05, 0) is 48.9 Å². The maximum Gasteiger partial charge on any atom is 0.257 e. The predicted molar refractivity (Wildman–Crippen MR) is 127 cm³/mol. The van der Waals surface area contributed by atoms with Crippen molar-refractivity contribution in [3.8, 4) is 5.75 Å². The van der Waals surface area contributed by atoms with Crippen molar-refractivity contribution in [2.45, 2.75) is 43.6 Å². The van der Waals surface area contributed by atoms with Gasteiger partial charge in [0.05, 0.1) is 36.9 Å². The second kappa shape index (κ2) is 10.2. The number of pyridine rings is 2. The lowest BCUT2D eigenvalue weighted by Gasteiger charge is -2.37. The van der Waals surface area contributed by atoms with Crippen LogP contribution in [0.4, 0.5) is 5.69 Å². The normalized spacial score (nSPS) is 22.4. The van der Waals surface area contributed by atoms with Crippen LogP contribution in [0, 0.1) is 0 Å². The number of nitrogens with one attached hydrogen (secondary N) is 2. The average molecular weight is 475 g/mol. The molecular formula is C26H26N4O5. The quantitative estimate of drug-likeness (QED) is 0.481. The predicted octanol–water partition coefficient (Wildman–Crippen LogP) is 2.43. The Labute approximate surface area is 202 Å². The summed E-state index contributed by atoms with van der Waals surface area (Å²) in [6.45, 7) is 0.125. The van der Waals surface area contributed by atoms with E-state index in [2.05, 4.69) is 20.6 Å². The topological polar surface area (TPSA) is 123 Å². The Hall–Kier alpha value is -3.82. The summed E-state index contributed by atoms with van der Waals surface area (Å²) in [5, 5.41) is 15.7. The third-order valence-electron chi connectivity index (χ3n) is 6.29. The molecule has 2 aromatic heterocycles. The van der Waals surface area contributed by atoms with Gasteiger partial charge < -0.3 is 25.2 Å². The number of ether oxygens (including phenoxy) is 2. The molecule has 0 spiro atoms. The number of nitrogens with zero attached hydrogens (tertiary/aromatic N) is 2. The highest BCUT2D eigenvalue weighted by Gasteiger charge is 2.46. The van der Waals surface area contributed by atoms with Crippen LogP contribution in [0.5, 0.6) is 5.75 Å². The van der Waals surface area contributed by atoms with Crippen LogP contribution in [0.25, 0.3) is 0 Å². The van der Waals surface area contributed by atoms with E-state index in [0.29, 0.717) is 30.0 Å². The van der Waals surface area contributed by atoms with Crippen molar-refractivity contribution in [3.63, 3.8) is 0 Å². The molecule has 0 saturated carbocycles. The van der Waals surface area contributed by atoms with E-state index in [1.807, 2.05) is 30.3 Å². The van der Waals surface area contributed by atoms with Gasteiger partial charge in [-0.2, -0.15) is 0 Å². The third-order valence-corrected chi connectivity index (χ3v) is 6.29. The Morgan fingerprint density at radius 2 is 2.03 bits per heavy atom. The molecule has 4 heterocycles. The molecule has 5 rings (SSSR count). The van der Waals surface area contributed by atoms with Crippen LogP contribution in [0.1, 0.15) is 40.4 Å². The first-order valence-electron chi connectivity index (χ1n) is 11.6. The number of carbonyl (C=O) groups excluding carboxylic acids is 2. The first kappa shape index (κ1) is 22.9. The fourth-order valence-electron chi connectivity index (χ4n) is 4.64. The molecule has 1 saturated heterocycles. The van der Waals surface area contributed by atoms with Crippen LogP contribution in [0.15, 0.2) is 67.1 Å². The van der Waals surface area contributed by atoms with Crippen molar-refractivity contribution in [3.05, 3.63) is 83.9 Å². The summed E-state index contributed by atoms with van der Waals surface area (Å²) in [6, 6.07) is 14.4. The molecule has 0 radical (unpaired) electrons. The van der Waals surface area contributed by atoms with Gasteiger partial charge in [0.2, 0.25) is 5.91 Å². The number of rotatable bonds is 7. The second-order valence-corrected chi connectivity index (χ2v) is 8.65. The molecule has 35 heavy (non-hydrogen) atoms. The SMILES string of the molecule is O=C(C[C@@H]1C[C@H]2c3cc(NC(=O)c4cccnc4)ccc3O[C@H]2[C@H](CO)O1)NCc1ccccn1. The van der Waals surface area contributed by atoms with E-state index < -0.39 is 6.10 Å². The highest BCUT2D eigenvalue weighted by atomic mass is 16.6. The number of benzene rings is 1. The molecule has 180 valence electrons. The van der Waals surface area contributed by atoms with Gasteiger partial charge in [0.1, 0.15) is 18.0 Å². The van der Waals surface area contributed by atoms with Crippen molar-refractivity contribution in [2.24, 2.45) is 0 Å². The monoisotopic (exact) mass is 474 g/mol. The highest BCUT2D eigenvalue weighted by Crippen LogP contribution is 2.47. The minimum absolute atomic E-state index is 0.0697. The van der Waals surface area contributed by atoms with Gasteiger partial charge in [-0.1, -0.05) is 6.07 Å². The van der Waals surface area contributed by atoms with Gasteiger partial charge >= 0.3 is 0 Å². The summed E-state index contributed by atoms with van der Waals surface area (Å²) in [7, 11) is 0. The van der Waals surface area contributed by atoms with Crippen LogP contribution in [-0.2, 0) is 16.1 Å². The lowest BCUT2D eigenvalue weighted by molar-refractivity contribution is -0.142. The van der Waals surface area contributed by atoms with E-state index in [4.69, 9.17) is 9.47 Å². The smallest absolute Gasteiger partial charge is 0.257 e. The number of aliphatic hydroxyl groups is 1. The molecule has 0 aliphatic carbocycles.